The standard InChI is InChI=1S/C90H54/c1-4-28-61-55(25-1)52-82(67-34-10-7-31-64(61)67)88-76-43-19-13-37-70(76)85(71-38-14-20-44-77(71)88)58-49-59(86-72-39-15-21-45-78(72)89(79-46-22-16-40-73(79)86)83-53-56-26-2-5-29-62(56)65-32-8-11-35-68(65)83)51-60(50-58)87-74-41-17-23-47-80(74)90(81-48-24-18-42-75(81)87)84-54-57-27-3-6-30-63(57)66-33-9-12-36-69(66)84/h1-54H. The molecule has 19 aromatic carbocycles. The van der Waals surface area contributed by atoms with E-state index in [1.54, 1.807) is 0 Å². The van der Waals surface area contributed by atoms with Crippen LogP contribution in [0.4, 0.5) is 0 Å². The van der Waals surface area contributed by atoms with E-state index in [4.69, 9.17) is 0 Å². The third kappa shape index (κ3) is 7.49. The van der Waals surface area contributed by atoms with Crippen molar-refractivity contribution in [1.82, 2.24) is 0 Å². The predicted molar refractivity (Wildman–Crippen MR) is 389 cm³/mol. The Morgan fingerprint density at radius 1 is 0.111 bits per heavy atom. The zero-order valence-corrected chi connectivity index (χ0v) is 49.2. The summed E-state index contributed by atoms with van der Waals surface area (Å²) >= 11 is 0. The SMILES string of the molecule is c1ccc2c(c1)cc(-c1c3ccccc3c(-c3cc(-c4c5ccccc5c(-c5cc6ccccc6c6ccccc56)c5ccccc45)cc(-c4c5ccccc5c(-c5cc6ccccc6c6ccccc56)c5ccccc45)c3)c3ccccc13)c1ccccc12. The highest BCUT2D eigenvalue weighted by Crippen LogP contribution is 2.53. The lowest BCUT2D eigenvalue weighted by Crippen LogP contribution is -1.96. The number of benzene rings is 19. The molecule has 19 rings (SSSR count). The summed E-state index contributed by atoms with van der Waals surface area (Å²) < 4.78 is 0. The maximum Gasteiger partial charge on any atom is -0.00199 e. The van der Waals surface area contributed by atoms with Crippen molar-refractivity contribution in [2.45, 2.75) is 0 Å². The van der Waals surface area contributed by atoms with E-state index in [2.05, 4.69) is 328 Å². The Labute approximate surface area is 520 Å². The average molecular weight is 1140 g/mol. The van der Waals surface area contributed by atoms with Gasteiger partial charge in [-0.2, -0.15) is 0 Å². The fourth-order valence-corrected chi connectivity index (χ4v) is 16.0. The molecule has 0 heterocycles. The van der Waals surface area contributed by atoms with E-state index in [1.165, 1.54) is 196 Å². The molecule has 0 saturated heterocycles. The third-order valence-corrected chi connectivity index (χ3v) is 19.7. The number of fused-ring (bicyclic) bond motifs is 15. The molecule has 0 unspecified atom stereocenters. The maximum atomic E-state index is 2.53. The Bertz CT molecular complexity index is 5490. The van der Waals surface area contributed by atoms with Crippen LogP contribution in [0, 0.1) is 0 Å². The van der Waals surface area contributed by atoms with E-state index < -0.39 is 0 Å². The van der Waals surface area contributed by atoms with Gasteiger partial charge < -0.3 is 0 Å². The summed E-state index contributed by atoms with van der Waals surface area (Å²) in [4.78, 5) is 0. The second-order valence-electron chi connectivity index (χ2n) is 24.4. The summed E-state index contributed by atoms with van der Waals surface area (Å²) in [5.74, 6) is 0. The molecular weight excluding hydrogens is 1080 g/mol. The summed E-state index contributed by atoms with van der Waals surface area (Å²) in [6, 6.07) is 124. The van der Waals surface area contributed by atoms with Gasteiger partial charge in [-0.25, -0.2) is 0 Å². The van der Waals surface area contributed by atoms with Gasteiger partial charge in [0.2, 0.25) is 0 Å². The molecule has 0 heteroatoms. The minimum absolute atomic E-state index is 1.17. The van der Waals surface area contributed by atoms with Crippen LogP contribution in [-0.2, 0) is 0 Å². The molecule has 414 valence electrons. The smallest absolute Gasteiger partial charge is 0.00199 e. The lowest BCUT2D eigenvalue weighted by molar-refractivity contribution is 1.63. The number of hydrogen-bond acceptors (Lipinski definition) is 0. The zero-order chi connectivity index (χ0) is 59.0. The Morgan fingerprint density at radius 3 is 0.478 bits per heavy atom. The van der Waals surface area contributed by atoms with Crippen LogP contribution in [0.5, 0.6) is 0 Å². The van der Waals surface area contributed by atoms with E-state index >= 15 is 0 Å². The van der Waals surface area contributed by atoms with Crippen molar-refractivity contribution in [3.8, 4) is 66.8 Å². The van der Waals surface area contributed by atoms with Crippen molar-refractivity contribution in [3.63, 3.8) is 0 Å². The first-order chi connectivity index (χ1) is 44.7. The summed E-state index contributed by atoms with van der Waals surface area (Å²) in [5, 5.41) is 29.7. The maximum absolute atomic E-state index is 2.53. The minimum Gasteiger partial charge on any atom is -0.0616 e. The quantitative estimate of drug-likeness (QED) is 0.115. The van der Waals surface area contributed by atoms with Gasteiger partial charge in [-0.1, -0.05) is 291 Å². The first kappa shape index (κ1) is 50.5. The van der Waals surface area contributed by atoms with E-state index in [-0.39, 0.29) is 0 Å². The topological polar surface area (TPSA) is 0 Å². The Balaban J connectivity index is 0.955. The van der Waals surface area contributed by atoms with Gasteiger partial charge in [-0.15, -0.1) is 0 Å². The molecule has 0 saturated carbocycles. The van der Waals surface area contributed by atoms with Gasteiger partial charge in [0, 0.05) is 0 Å². The Morgan fingerprint density at radius 2 is 0.267 bits per heavy atom. The zero-order valence-electron chi connectivity index (χ0n) is 49.2. The van der Waals surface area contributed by atoms with Gasteiger partial charge in [-0.05, 0) is 232 Å². The molecule has 19 aromatic rings. The molecule has 0 aromatic heterocycles. The van der Waals surface area contributed by atoms with Crippen molar-refractivity contribution in [1.29, 1.82) is 0 Å². The largest absolute Gasteiger partial charge is 0.0616 e. The van der Waals surface area contributed by atoms with Crippen LogP contribution in [0.15, 0.2) is 328 Å². The third-order valence-electron chi connectivity index (χ3n) is 19.7. The van der Waals surface area contributed by atoms with Gasteiger partial charge in [0.25, 0.3) is 0 Å². The van der Waals surface area contributed by atoms with Crippen LogP contribution < -0.4 is 0 Å². The Kier molecular flexibility index (Phi) is 11.2. The first-order valence-electron chi connectivity index (χ1n) is 31.4. The molecule has 0 atom stereocenters. The van der Waals surface area contributed by atoms with Crippen molar-refractivity contribution in [2.75, 3.05) is 0 Å². The second kappa shape index (κ2) is 19.9. The van der Waals surface area contributed by atoms with Crippen LogP contribution in [0.2, 0.25) is 0 Å². The second-order valence-corrected chi connectivity index (χ2v) is 24.4. The minimum atomic E-state index is 1.17. The van der Waals surface area contributed by atoms with Crippen LogP contribution in [0.1, 0.15) is 0 Å². The van der Waals surface area contributed by atoms with E-state index in [1.807, 2.05) is 0 Å². The van der Waals surface area contributed by atoms with Crippen molar-refractivity contribution in [3.05, 3.63) is 328 Å². The summed E-state index contributed by atoms with van der Waals surface area (Å²) in [6.07, 6.45) is 0. The van der Waals surface area contributed by atoms with Crippen molar-refractivity contribution in [2.24, 2.45) is 0 Å². The molecule has 0 amide bonds. The highest BCUT2D eigenvalue weighted by molar-refractivity contribution is 6.30. The van der Waals surface area contributed by atoms with E-state index in [0.29, 0.717) is 0 Å². The summed E-state index contributed by atoms with van der Waals surface area (Å²) in [7, 11) is 0. The molecule has 0 spiro atoms. The molecule has 0 N–H and O–H groups in total. The average Bonchev–Trinajstić information content (AvgIpc) is 0.775. The van der Waals surface area contributed by atoms with Gasteiger partial charge in [0.05, 0.1) is 0 Å². The molecule has 0 fully saturated rings. The molecular formula is C90H54. The molecule has 90 heavy (non-hydrogen) atoms. The lowest BCUT2D eigenvalue weighted by Gasteiger charge is -2.23. The predicted octanol–water partition coefficient (Wildman–Crippen LogP) is 25.5. The van der Waals surface area contributed by atoms with E-state index in [9.17, 15) is 0 Å². The lowest BCUT2D eigenvalue weighted by atomic mass is 9.80. The van der Waals surface area contributed by atoms with Crippen molar-refractivity contribution < 1.29 is 0 Å². The van der Waals surface area contributed by atoms with Gasteiger partial charge >= 0.3 is 0 Å². The van der Waals surface area contributed by atoms with Crippen LogP contribution >= 0.6 is 0 Å². The molecule has 0 aliphatic heterocycles. The van der Waals surface area contributed by atoms with Gasteiger partial charge in [-0.3, -0.25) is 0 Å². The highest BCUT2D eigenvalue weighted by atomic mass is 14.3. The fourth-order valence-electron chi connectivity index (χ4n) is 16.0. The van der Waals surface area contributed by atoms with Gasteiger partial charge in [0.15, 0.2) is 0 Å². The van der Waals surface area contributed by atoms with Crippen LogP contribution in [0.25, 0.3) is 196 Å². The summed E-state index contributed by atoms with van der Waals surface area (Å²) in [6.45, 7) is 0. The number of hydrogen-bond donors (Lipinski definition) is 0. The fraction of sp³-hybridized carbons (Fsp3) is 0. The molecule has 0 aliphatic rings. The number of rotatable bonds is 6. The molecule has 0 nitrogen and oxygen atoms in total. The van der Waals surface area contributed by atoms with Crippen molar-refractivity contribution >= 4 is 129 Å². The first-order valence-corrected chi connectivity index (χ1v) is 31.4. The Hall–Kier alpha value is -11.7. The van der Waals surface area contributed by atoms with Crippen LogP contribution in [-0.4, -0.2) is 0 Å². The highest BCUT2D eigenvalue weighted by Gasteiger charge is 2.26. The monoisotopic (exact) mass is 1130 g/mol. The van der Waals surface area contributed by atoms with E-state index in [0.717, 1.165) is 0 Å². The normalized spacial score (nSPS) is 12.0. The van der Waals surface area contributed by atoms with Gasteiger partial charge in [0.1, 0.15) is 0 Å². The molecule has 0 bridgehead atoms. The van der Waals surface area contributed by atoms with Crippen LogP contribution in [0.3, 0.4) is 0 Å². The summed E-state index contributed by atoms with van der Waals surface area (Å²) in [5.41, 5.74) is 14.7. The molecule has 0 radical (unpaired) electrons. The molecule has 0 aliphatic carbocycles.